The maximum atomic E-state index is 11.0. The van der Waals surface area contributed by atoms with Crippen molar-refractivity contribution in [1.29, 1.82) is 0 Å². The molecule has 3 heteroatoms. The van der Waals surface area contributed by atoms with E-state index in [9.17, 15) is 4.79 Å². The molecule has 0 saturated heterocycles. The van der Waals surface area contributed by atoms with Crippen molar-refractivity contribution in [3.05, 3.63) is 28.7 Å². The predicted molar refractivity (Wildman–Crippen MR) is 60.1 cm³/mol. The fourth-order valence-corrected chi connectivity index (χ4v) is 1.93. The first-order valence-electron chi connectivity index (χ1n) is 4.02. The van der Waals surface area contributed by atoms with Crippen LogP contribution in [-0.4, -0.2) is 11.0 Å². The average molecular weight is 259 g/mol. The zero-order valence-corrected chi connectivity index (χ0v) is 9.98. The van der Waals surface area contributed by atoms with Crippen LogP contribution in [0.2, 0.25) is 0 Å². The lowest BCUT2D eigenvalue weighted by atomic mass is 10.3. The zero-order chi connectivity index (χ0) is 9.84. The van der Waals surface area contributed by atoms with E-state index in [0.717, 1.165) is 9.37 Å². The number of Topliss-reactive ketones (excluding diaryl/α,β-unsaturated/α-hetero) is 1. The molecule has 0 radical (unpaired) electrons. The third-order valence-electron chi connectivity index (χ3n) is 1.70. The molecular weight excluding hydrogens is 248 g/mol. The lowest BCUT2D eigenvalue weighted by molar-refractivity contribution is -0.116. The minimum Gasteiger partial charge on any atom is -0.299 e. The van der Waals surface area contributed by atoms with Gasteiger partial charge in [-0.3, -0.25) is 4.79 Å². The van der Waals surface area contributed by atoms with Crippen LogP contribution in [0.1, 0.15) is 13.8 Å². The second-order valence-electron chi connectivity index (χ2n) is 2.82. The topological polar surface area (TPSA) is 17.1 Å². The molecule has 0 aromatic heterocycles. The number of hydrogen-bond acceptors (Lipinski definition) is 2. The summed E-state index contributed by atoms with van der Waals surface area (Å²) in [5.41, 5.74) is 0. The molecule has 0 aliphatic carbocycles. The average Bonchev–Trinajstić information content (AvgIpc) is 2.08. The molecule has 0 aliphatic rings. The van der Waals surface area contributed by atoms with Gasteiger partial charge in [0, 0.05) is 9.37 Å². The Morgan fingerprint density at radius 3 is 2.38 bits per heavy atom. The summed E-state index contributed by atoms with van der Waals surface area (Å²) in [7, 11) is 0. The normalized spacial score (nSPS) is 12.5. The van der Waals surface area contributed by atoms with Crippen LogP contribution >= 0.6 is 27.7 Å². The molecule has 0 aliphatic heterocycles. The van der Waals surface area contributed by atoms with Gasteiger partial charge in [-0.1, -0.05) is 15.9 Å². The molecule has 0 N–H and O–H groups in total. The van der Waals surface area contributed by atoms with Crippen molar-refractivity contribution in [1.82, 2.24) is 0 Å². The summed E-state index contributed by atoms with van der Waals surface area (Å²) in [6, 6.07) is 7.98. The van der Waals surface area contributed by atoms with Crippen molar-refractivity contribution < 1.29 is 4.79 Å². The van der Waals surface area contributed by atoms with Crippen LogP contribution in [0.15, 0.2) is 33.6 Å². The van der Waals surface area contributed by atoms with Crippen LogP contribution in [-0.2, 0) is 4.79 Å². The van der Waals surface area contributed by atoms with Gasteiger partial charge < -0.3 is 0 Å². The Hall–Kier alpha value is -0.280. The van der Waals surface area contributed by atoms with E-state index in [1.807, 2.05) is 31.2 Å². The largest absolute Gasteiger partial charge is 0.299 e. The van der Waals surface area contributed by atoms with E-state index in [-0.39, 0.29) is 11.0 Å². The molecule has 0 heterocycles. The van der Waals surface area contributed by atoms with E-state index >= 15 is 0 Å². The van der Waals surface area contributed by atoms with Crippen molar-refractivity contribution in [2.45, 2.75) is 24.0 Å². The second-order valence-corrected chi connectivity index (χ2v) is 5.15. The Kier molecular flexibility index (Phi) is 4.00. The SMILES string of the molecule is CC(=O)[C@H](C)Sc1ccc(Br)cc1. The summed E-state index contributed by atoms with van der Waals surface area (Å²) in [5, 5.41) is 0.0428. The van der Waals surface area contributed by atoms with Gasteiger partial charge >= 0.3 is 0 Å². The number of thioether (sulfide) groups is 1. The predicted octanol–water partition coefficient (Wildman–Crippen LogP) is 3.52. The maximum absolute atomic E-state index is 11.0. The van der Waals surface area contributed by atoms with Crippen molar-refractivity contribution >= 4 is 33.5 Å². The molecule has 70 valence electrons. The molecule has 0 amide bonds. The van der Waals surface area contributed by atoms with Crippen LogP contribution in [0.5, 0.6) is 0 Å². The van der Waals surface area contributed by atoms with Crippen molar-refractivity contribution in [2.24, 2.45) is 0 Å². The number of halogens is 1. The fraction of sp³-hybridized carbons (Fsp3) is 0.300. The Bertz CT molecular complexity index is 294. The molecule has 0 unspecified atom stereocenters. The number of carbonyl (C=O) groups is 1. The van der Waals surface area contributed by atoms with Gasteiger partial charge in [-0.25, -0.2) is 0 Å². The molecule has 1 rings (SSSR count). The van der Waals surface area contributed by atoms with E-state index in [1.54, 1.807) is 18.7 Å². The number of ketones is 1. The van der Waals surface area contributed by atoms with Gasteiger partial charge in [-0.05, 0) is 38.1 Å². The quantitative estimate of drug-likeness (QED) is 0.772. The smallest absolute Gasteiger partial charge is 0.142 e. The fourth-order valence-electron chi connectivity index (χ4n) is 0.800. The summed E-state index contributed by atoms with van der Waals surface area (Å²) in [6.45, 7) is 3.55. The number of benzene rings is 1. The molecule has 0 saturated carbocycles. The first kappa shape index (κ1) is 10.8. The highest BCUT2D eigenvalue weighted by Gasteiger charge is 2.08. The van der Waals surface area contributed by atoms with Crippen LogP contribution in [0.3, 0.4) is 0 Å². The Balaban J connectivity index is 2.64. The standard InChI is InChI=1S/C10H11BrOS/c1-7(12)8(2)13-10-5-3-9(11)4-6-10/h3-6,8H,1-2H3/t8-/m0/s1. The highest BCUT2D eigenvalue weighted by molar-refractivity contribution is 9.10. The van der Waals surface area contributed by atoms with Crippen molar-refractivity contribution in [3.8, 4) is 0 Å². The summed E-state index contributed by atoms with van der Waals surface area (Å²) < 4.78 is 1.06. The third-order valence-corrected chi connectivity index (χ3v) is 3.46. The van der Waals surface area contributed by atoms with Gasteiger partial charge in [0.25, 0.3) is 0 Å². The molecule has 0 bridgehead atoms. The zero-order valence-electron chi connectivity index (χ0n) is 7.58. The van der Waals surface area contributed by atoms with Crippen LogP contribution < -0.4 is 0 Å². The Labute approximate surface area is 91.0 Å². The molecule has 1 atom stereocenters. The minimum absolute atomic E-state index is 0.0428. The van der Waals surface area contributed by atoms with Crippen LogP contribution in [0.4, 0.5) is 0 Å². The monoisotopic (exact) mass is 258 g/mol. The van der Waals surface area contributed by atoms with Gasteiger partial charge in [0.05, 0.1) is 5.25 Å². The summed E-state index contributed by atoms with van der Waals surface area (Å²) in [5.74, 6) is 0.216. The highest BCUT2D eigenvalue weighted by Crippen LogP contribution is 2.24. The van der Waals surface area contributed by atoms with Gasteiger partial charge in [0.2, 0.25) is 0 Å². The molecule has 0 spiro atoms. The lowest BCUT2D eigenvalue weighted by Gasteiger charge is -2.06. The van der Waals surface area contributed by atoms with E-state index in [4.69, 9.17) is 0 Å². The lowest BCUT2D eigenvalue weighted by Crippen LogP contribution is -2.07. The Morgan fingerprint density at radius 1 is 1.38 bits per heavy atom. The Morgan fingerprint density at radius 2 is 1.92 bits per heavy atom. The first-order valence-corrected chi connectivity index (χ1v) is 5.69. The summed E-state index contributed by atoms with van der Waals surface area (Å²) in [4.78, 5) is 12.1. The van der Waals surface area contributed by atoms with Gasteiger partial charge in [0.1, 0.15) is 5.78 Å². The summed E-state index contributed by atoms with van der Waals surface area (Å²) >= 11 is 4.95. The minimum atomic E-state index is 0.0428. The van der Waals surface area contributed by atoms with Crippen molar-refractivity contribution in [2.75, 3.05) is 0 Å². The van der Waals surface area contributed by atoms with E-state index in [1.165, 1.54) is 0 Å². The number of rotatable bonds is 3. The second kappa shape index (κ2) is 4.82. The van der Waals surface area contributed by atoms with E-state index in [2.05, 4.69) is 15.9 Å². The maximum Gasteiger partial charge on any atom is 0.142 e. The van der Waals surface area contributed by atoms with Gasteiger partial charge in [-0.15, -0.1) is 11.8 Å². The molecule has 0 fully saturated rings. The number of carbonyl (C=O) groups excluding carboxylic acids is 1. The first-order chi connectivity index (χ1) is 6.09. The molecule has 1 aromatic rings. The van der Waals surface area contributed by atoms with Crippen LogP contribution in [0, 0.1) is 0 Å². The third kappa shape index (κ3) is 3.53. The molecule has 13 heavy (non-hydrogen) atoms. The van der Waals surface area contributed by atoms with E-state index < -0.39 is 0 Å². The highest BCUT2D eigenvalue weighted by atomic mass is 79.9. The molecular formula is C10H11BrOS. The van der Waals surface area contributed by atoms with Crippen LogP contribution in [0.25, 0.3) is 0 Å². The summed E-state index contributed by atoms with van der Waals surface area (Å²) in [6.07, 6.45) is 0. The van der Waals surface area contributed by atoms with Crippen molar-refractivity contribution in [3.63, 3.8) is 0 Å². The van der Waals surface area contributed by atoms with Gasteiger partial charge in [-0.2, -0.15) is 0 Å². The van der Waals surface area contributed by atoms with E-state index in [0.29, 0.717) is 0 Å². The number of hydrogen-bond donors (Lipinski definition) is 0. The van der Waals surface area contributed by atoms with Gasteiger partial charge in [0.15, 0.2) is 0 Å². The molecule has 1 nitrogen and oxygen atoms in total. The molecule has 1 aromatic carbocycles.